The normalized spacial score (nSPS) is 18.4. The molecule has 96 valence electrons. The lowest BCUT2D eigenvalue weighted by Crippen LogP contribution is -2.23. The minimum Gasteiger partial charge on any atom is -0.310 e. The maximum Gasteiger partial charge on any atom is 0.228 e. The quantitative estimate of drug-likeness (QED) is 0.831. The van der Waals surface area contributed by atoms with E-state index in [0.29, 0.717) is 5.82 Å². The van der Waals surface area contributed by atoms with Crippen LogP contribution in [0.2, 0.25) is 0 Å². The van der Waals surface area contributed by atoms with Crippen molar-refractivity contribution in [2.45, 2.75) is 19.3 Å². The van der Waals surface area contributed by atoms with Crippen LogP contribution in [0.3, 0.4) is 0 Å². The summed E-state index contributed by atoms with van der Waals surface area (Å²) in [7, 11) is 0. The van der Waals surface area contributed by atoms with E-state index in [0.717, 1.165) is 30.2 Å². The van der Waals surface area contributed by atoms with Gasteiger partial charge >= 0.3 is 0 Å². The van der Waals surface area contributed by atoms with Crippen LogP contribution < -0.4 is 5.32 Å². The molecule has 0 bridgehead atoms. The Kier molecular flexibility index (Phi) is 3.27. The highest BCUT2D eigenvalue weighted by atomic mass is 16.1. The number of carbonyl (C=O) groups is 1. The minimum absolute atomic E-state index is 0.0760. The van der Waals surface area contributed by atoms with Crippen molar-refractivity contribution < 1.29 is 4.79 Å². The topological polar surface area (TPSA) is 42.0 Å². The minimum atomic E-state index is 0.0760. The molecule has 3 rings (SSSR count). The van der Waals surface area contributed by atoms with Gasteiger partial charge in [0.25, 0.3) is 0 Å². The Morgan fingerprint density at radius 1 is 1.16 bits per heavy atom. The second-order valence-electron chi connectivity index (χ2n) is 4.86. The van der Waals surface area contributed by atoms with Gasteiger partial charge in [0.1, 0.15) is 5.82 Å². The Bertz CT molecular complexity index is 633. The molecule has 1 amide bonds. The average Bonchev–Trinajstić information content (AvgIpc) is 2.48. The van der Waals surface area contributed by atoms with Crippen molar-refractivity contribution in [1.82, 2.24) is 4.98 Å². The largest absolute Gasteiger partial charge is 0.310 e. The Balaban J connectivity index is 1.77. The highest BCUT2D eigenvalue weighted by Crippen LogP contribution is 2.20. The van der Waals surface area contributed by atoms with E-state index in [1.807, 2.05) is 36.4 Å². The molecule has 1 heterocycles. The van der Waals surface area contributed by atoms with Gasteiger partial charge in [-0.25, -0.2) is 4.98 Å². The van der Waals surface area contributed by atoms with Crippen molar-refractivity contribution in [3.8, 4) is 0 Å². The van der Waals surface area contributed by atoms with Gasteiger partial charge in [-0.3, -0.25) is 4.79 Å². The number of rotatable bonds is 2. The van der Waals surface area contributed by atoms with Crippen LogP contribution in [0.1, 0.15) is 19.3 Å². The van der Waals surface area contributed by atoms with Gasteiger partial charge in [-0.1, -0.05) is 30.4 Å². The van der Waals surface area contributed by atoms with Crippen LogP contribution in [-0.4, -0.2) is 10.9 Å². The van der Waals surface area contributed by atoms with Gasteiger partial charge in [0.2, 0.25) is 5.91 Å². The van der Waals surface area contributed by atoms with E-state index in [2.05, 4.69) is 22.5 Å². The molecule has 2 aromatic rings. The molecule has 0 radical (unpaired) electrons. The Morgan fingerprint density at radius 3 is 2.89 bits per heavy atom. The monoisotopic (exact) mass is 252 g/mol. The summed E-state index contributed by atoms with van der Waals surface area (Å²) in [5.41, 5.74) is 0.906. The van der Waals surface area contributed by atoms with E-state index < -0.39 is 0 Å². The number of carbonyl (C=O) groups excluding carboxylic acids is 1. The summed E-state index contributed by atoms with van der Waals surface area (Å²) in [6.07, 6.45) is 6.97. The van der Waals surface area contributed by atoms with E-state index in [1.54, 1.807) is 0 Å². The van der Waals surface area contributed by atoms with Crippen molar-refractivity contribution in [3.05, 3.63) is 48.6 Å². The van der Waals surface area contributed by atoms with Gasteiger partial charge in [-0.15, -0.1) is 0 Å². The number of pyridine rings is 1. The molecular weight excluding hydrogens is 236 g/mol. The number of amides is 1. The van der Waals surface area contributed by atoms with Gasteiger partial charge in [-0.2, -0.15) is 0 Å². The zero-order chi connectivity index (χ0) is 13.1. The summed E-state index contributed by atoms with van der Waals surface area (Å²) >= 11 is 0. The van der Waals surface area contributed by atoms with Crippen molar-refractivity contribution in [3.63, 3.8) is 0 Å². The van der Waals surface area contributed by atoms with Gasteiger partial charge in [0.15, 0.2) is 0 Å². The molecule has 0 fully saturated rings. The predicted octanol–water partition coefficient (Wildman–Crippen LogP) is 3.53. The SMILES string of the molecule is O=C(Nc1ccc2ccccc2n1)[C@H]1CC=CCC1. The molecule has 1 N–H and O–H groups in total. The zero-order valence-corrected chi connectivity index (χ0v) is 10.7. The molecule has 19 heavy (non-hydrogen) atoms. The number of aromatic nitrogens is 1. The summed E-state index contributed by atoms with van der Waals surface area (Å²) < 4.78 is 0. The van der Waals surface area contributed by atoms with Gasteiger partial charge in [-0.05, 0) is 37.5 Å². The molecule has 1 atom stereocenters. The fourth-order valence-corrected chi connectivity index (χ4v) is 2.40. The third-order valence-electron chi connectivity index (χ3n) is 3.49. The van der Waals surface area contributed by atoms with Gasteiger partial charge < -0.3 is 5.32 Å². The molecule has 0 aliphatic heterocycles. The van der Waals surface area contributed by atoms with Crippen LogP contribution in [0, 0.1) is 5.92 Å². The first kappa shape index (κ1) is 11.9. The summed E-state index contributed by atoms with van der Waals surface area (Å²) in [6.45, 7) is 0. The molecule has 1 aliphatic carbocycles. The molecule has 1 aromatic heterocycles. The number of anilines is 1. The van der Waals surface area contributed by atoms with Crippen LogP contribution in [-0.2, 0) is 4.79 Å². The molecule has 0 saturated carbocycles. The molecule has 1 aliphatic rings. The second-order valence-corrected chi connectivity index (χ2v) is 4.86. The van der Waals surface area contributed by atoms with E-state index in [9.17, 15) is 4.79 Å². The third-order valence-corrected chi connectivity index (χ3v) is 3.49. The van der Waals surface area contributed by atoms with Gasteiger partial charge in [0, 0.05) is 11.3 Å². The lowest BCUT2D eigenvalue weighted by Gasteiger charge is -2.16. The average molecular weight is 252 g/mol. The number of nitrogens with zero attached hydrogens (tertiary/aromatic N) is 1. The Hall–Kier alpha value is -2.16. The van der Waals surface area contributed by atoms with Crippen LogP contribution in [0.25, 0.3) is 10.9 Å². The third kappa shape index (κ3) is 2.65. The Labute approximate surface area is 112 Å². The number of fused-ring (bicyclic) bond motifs is 1. The molecule has 1 aromatic carbocycles. The van der Waals surface area contributed by atoms with E-state index in [1.165, 1.54) is 0 Å². The first-order valence-corrected chi connectivity index (χ1v) is 6.64. The van der Waals surface area contributed by atoms with Crippen LogP contribution in [0.5, 0.6) is 0 Å². The Morgan fingerprint density at radius 2 is 2.05 bits per heavy atom. The van der Waals surface area contributed by atoms with E-state index in [-0.39, 0.29) is 11.8 Å². The molecular formula is C16H16N2O. The first-order chi connectivity index (χ1) is 9.33. The lowest BCUT2D eigenvalue weighted by molar-refractivity contribution is -0.120. The molecule has 3 nitrogen and oxygen atoms in total. The first-order valence-electron chi connectivity index (χ1n) is 6.64. The van der Waals surface area contributed by atoms with Crippen LogP contribution in [0.4, 0.5) is 5.82 Å². The molecule has 0 unspecified atom stereocenters. The second kappa shape index (κ2) is 5.22. The van der Waals surface area contributed by atoms with E-state index >= 15 is 0 Å². The van der Waals surface area contributed by atoms with Crippen molar-refractivity contribution >= 4 is 22.6 Å². The standard InChI is InChI=1S/C16H16N2O/c19-16(13-7-2-1-3-8-13)18-15-11-10-12-6-4-5-9-14(12)17-15/h1-2,4-6,9-11,13H,3,7-8H2,(H,17,18,19)/t13-/m0/s1. The summed E-state index contributed by atoms with van der Waals surface area (Å²) in [5.74, 6) is 0.795. The maximum atomic E-state index is 12.1. The number of benzene rings is 1. The summed E-state index contributed by atoms with van der Waals surface area (Å²) in [4.78, 5) is 16.6. The van der Waals surface area contributed by atoms with Crippen LogP contribution >= 0.6 is 0 Å². The number of para-hydroxylation sites is 1. The number of hydrogen-bond acceptors (Lipinski definition) is 2. The maximum absolute atomic E-state index is 12.1. The number of hydrogen-bond donors (Lipinski definition) is 1. The van der Waals surface area contributed by atoms with Crippen molar-refractivity contribution in [1.29, 1.82) is 0 Å². The highest BCUT2D eigenvalue weighted by molar-refractivity contribution is 5.93. The number of allylic oxidation sites excluding steroid dienone is 2. The van der Waals surface area contributed by atoms with Crippen molar-refractivity contribution in [2.75, 3.05) is 5.32 Å². The predicted molar refractivity (Wildman–Crippen MR) is 76.9 cm³/mol. The van der Waals surface area contributed by atoms with Gasteiger partial charge in [0.05, 0.1) is 5.52 Å². The summed E-state index contributed by atoms with van der Waals surface area (Å²) in [6, 6.07) is 11.7. The highest BCUT2D eigenvalue weighted by Gasteiger charge is 2.18. The molecule has 0 spiro atoms. The molecule has 3 heteroatoms. The summed E-state index contributed by atoms with van der Waals surface area (Å²) in [5, 5.41) is 4.00. The smallest absolute Gasteiger partial charge is 0.228 e. The van der Waals surface area contributed by atoms with E-state index in [4.69, 9.17) is 0 Å². The molecule has 0 saturated heterocycles. The lowest BCUT2D eigenvalue weighted by atomic mass is 9.94. The zero-order valence-electron chi connectivity index (χ0n) is 10.7. The fourth-order valence-electron chi connectivity index (χ4n) is 2.40. The van der Waals surface area contributed by atoms with Crippen LogP contribution in [0.15, 0.2) is 48.6 Å². The van der Waals surface area contributed by atoms with Crippen molar-refractivity contribution in [2.24, 2.45) is 5.92 Å². The number of nitrogens with one attached hydrogen (secondary N) is 1. The fraction of sp³-hybridized carbons (Fsp3) is 0.250.